The zero-order valence-corrected chi connectivity index (χ0v) is 7.33. The highest BCUT2D eigenvalue weighted by Crippen LogP contribution is 2.26. The lowest BCUT2D eigenvalue weighted by Crippen LogP contribution is -2.04. The molecule has 2 nitrogen and oxygen atoms in total. The third kappa shape index (κ3) is 3.56. The Hall–Kier alpha value is -0.790. The molecule has 1 N–H and O–H groups in total. The van der Waals surface area contributed by atoms with Gasteiger partial charge in [0, 0.05) is 6.08 Å². The van der Waals surface area contributed by atoms with Crippen LogP contribution in [0.15, 0.2) is 12.2 Å². The fourth-order valence-electron chi connectivity index (χ4n) is 1.78. The van der Waals surface area contributed by atoms with E-state index in [1.165, 1.54) is 38.2 Å². The molecule has 0 unspecified atom stereocenters. The van der Waals surface area contributed by atoms with E-state index in [4.69, 9.17) is 5.11 Å². The van der Waals surface area contributed by atoms with Gasteiger partial charge in [-0.25, -0.2) is 4.79 Å². The van der Waals surface area contributed by atoms with E-state index in [9.17, 15) is 4.79 Å². The summed E-state index contributed by atoms with van der Waals surface area (Å²) in [5.74, 6) is -0.0832. The number of carboxylic acid groups (broad SMARTS) is 1. The van der Waals surface area contributed by atoms with Crippen LogP contribution >= 0.6 is 0 Å². The van der Waals surface area contributed by atoms with Gasteiger partial charge in [0.25, 0.3) is 0 Å². The first-order valence-electron chi connectivity index (χ1n) is 4.68. The van der Waals surface area contributed by atoms with Gasteiger partial charge >= 0.3 is 5.97 Å². The minimum Gasteiger partial charge on any atom is -0.478 e. The molecule has 1 rings (SSSR count). The maximum absolute atomic E-state index is 10.2. The van der Waals surface area contributed by atoms with Crippen molar-refractivity contribution < 1.29 is 9.90 Å². The van der Waals surface area contributed by atoms with Crippen LogP contribution in [0.25, 0.3) is 0 Å². The second-order valence-electron chi connectivity index (χ2n) is 3.48. The molecule has 0 aromatic heterocycles. The summed E-state index contributed by atoms with van der Waals surface area (Å²) in [6.45, 7) is 0. The highest BCUT2D eigenvalue weighted by Gasteiger charge is 2.11. The highest BCUT2D eigenvalue weighted by molar-refractivity contribution is 5.79. The molecule has 0 amide bonds. The van der Waals surface area contributed by atoms with Crippen molar-refractivity contribution in [3.05, 3.63) is 12.2 Å². The fraction of sp³-hybridized carbons (Fsp3) is 0.700. The van der Waals surface area contributed by atoms with Gasteiger partial charge in [0.1, 0.15) is 0 Å². The molecule has 12 heavy (non-hydrogen) atoms. The predicted molar refractivity (Wildman–Crippen MR) is 48.0 cm³/mol. The Morgan fingerprint density at radius 1 is 1.33 bits per heavy atom. The van der Waals surface area contributed by atoms with Crippen molar-refractivity contribution in [1.82, 2.24) is 0 Å². The fourth-order valence-corrected chi connectivity index (χ4v) is 1.78. The molecule has 0 aromatic carbocycles. The van der Waals surface area contributed by atoms with Crippen LogP contribution in [0.5, 0.6) is 0 Å². The highest BCUT2D eigenvalue weighted by atomic mass is 16.4. The van der Waals surface area contributed by atoms with Crippen molar-refractivity contribution in [2.24, 2.45) is 5.92 Å². The van der Waals surface area contributed by atoms with Crippen molar-refractivity contribution in [2.45, 2.75) is 38.5 Å². The van der Waals surface area contributed by atoms with Crippen LogP contribution < -0.4 is 0 Å². The average Bonchev–Trinajstić information content (AvgIpc) is 2.05. The Kier molecular flexibility index (Phi) is 3.85. The van der Waals surface area contributed by atoms with Crippen molar-refractivity contribution >= 4 is 5.97 Å². The molecule has 1 saturated carbocycles. The summed E-state index contributed by atoms with van der Waals surface area (Å²) in [6.07, 6.45) is 10.6. The van der Waals surface area contributed by atoms with Crippen LogP contribution in [0, 0.1) is 5.92 Å². The largest absolute Gasteiger partial charge is 0.478 e. The average molecular weight is 168 g/mol. The molecule has 0 aliphatic heterocycles. The topological polar surface area (TPSA) is 37.3 Å². The maximum atomic E-state index is 10.2. The van der Waals surface area contributed by atoms with Gasteiger partial charge in [0.05, 0.1) is 0 Å². The van der Waals surface area contributed by atoms with E-state index < -0.39 is 5.97 Å². The van der Waals surface area contributed by atoms with Crippen molar-refractivity contribution in [3.8, 4) is 0 Å². The van der Waals surface area contributed by atoms with Gasteiger partial charge in [0.15, 0.2) is 0 Å². The van der Waals surface area contributed by atoms with Crippen molar-refractivity contribution in [2.75, 3.05) is 0 Å². The van der Waals surface area contributed by atoms with Crippen LogP contribution in [0.3, 0.4) is 0 Å². The van der Waals surface area contributed by atoms with Crippen LogP contribution in [-0.4, -0.2) is 11.1 Å². The Morgan fingerprint density at radius 3 is 2.58 bits per heavy atom. The standard InChI is InChI=1S/C10H16O2/c11-10(12)8-4-7-9-5-2-1-3-6-9/h4,8-9H,1-3,5-7H2,(H,11,12)/b8-4+. The van der Waals surface area contributed by atoms with E-state index >= 15 is 0 Å². The van der Waals surface area contributed by atoms with Gasteiger partial charge in [-0.15, -0.1) is 0 Å². The summed E-state index contributed by atoms with van der Waals surface area (Å²) in [7, 11) is 0. The molecule has 0 atom stereocenters. The second-order valence-corrected chi connectivity index (χ2v) is 3.48. The minimum absolute atomic E-state index is 0.745. The summed E-state index contributed by atoms with van der Waals surface area (Å²) in [4.78, 5) is 10.2. The third-order valence-electron chi connectivity index (χ3n) is 2.45. The van der Waals surface area contributed by atoms with Gasteiger partial charge in [-0.05, 0) is 12.3 Å². The molecular weight excluding hydrogens is 152 g/mol. The quantitative estimate of drug-likeness (QED) is 0.658. The molecule has 0 spiro atoms. The summed E-state index contributed by atoms with van der Waals surface area (Å²) in [6, 6.07) is 0. The Bertz CT molecular complexity index is 167. The Labute approximate surface area is 73.3 Å². The number of carboxylic acids is 1. The number of aliphatic carboxylic acids is 1. The number of rotatable bonds is 3. The molecule has 68 valence electrons. The first-order chi connectivity index (χ1) is 5.79. The number of hydrogen-bond acceptors (Lipinski definition) is 1. The number of carbonyl (C=O) groups is 1. The minimum atomic E-state index is -0.828. The number of hydrogen-bond donors (Lipinski definition) is 1. The van der Waals surface area contributed by atoms with Crippen LogP contribution in [0.4, 0.5) is 0 Å². The third-order valence-corrected chi connectivity index (χ3v) is 2.45. The first-order valence-corrected chi connectivity index (χ1v) is 4.68. The van der Waals surface area contributed by atoms with E-state index in [-0.39, 0.29) is 0 Å². The van der Waals surface area contributed by atoms with E-state index in [0.29, 0.717) is 0 Å². The lowest BCUT2D eigenvalue weighted by atomic mass is 9.87. The van der Waals surface area contributed by atoms with Crippen molar-refractivity contribution in [3.63, 3.8) is 0 Å². The van der Waals surface area contributed by atoms with Gasteiger partial charge < -0.3 is 5.11 Å². The Balaban J connectivity index is 2.17. The summed E-state index contributed by atoms with van der Waals surface area (Å²) in [5, 5.41) is 8.36. The van der Waals surface area contributed by atoms with Gasteiger partial charge in [-0.1, -0.05) is 38.2 Å². The SMILES string of the molecule is O=C(O)/C=C/CC1CCCCC1. The van der Waals surface area contributed by atoms with Crippen LogP contribution in [0.2, 0.25) is 0 Å². The van der Waals surface area contributed by atoms with Crippen LogP contribution in [0.1, 0.15) is 38.5 Å². The summed E-state index contributed by atoms with van der Waals surface area (Å²) < 4.78 is 0. The van der Waals surface area contributed by atoms with Gasteiger partial charge in [0.2, 0.25) is 0 Å². The molecular formula is C10H16O2. The van der Waals surface area contributed by atoms with Crippen molar-refractivity contribution in [1.29, 1.82) is 0 Å². The zero-order chi connectivity index (χ0) is 8.81. The molecule has 0 heterocycles. The molecule has 0 saturated heterocycles. The number of allylic oxidation sites excluding steroid dienone is 1. The van der Waals surface area contributed by atoms with E-state index in [1.807, 2.05) is 0 Å². The lowest BCUT2D eigenvalue weighted by Gasteiger charge is -2.19. The molecule has 0 bridgehead atoms. The molecule has 0 aromatic rings. The molecule has 1 fully saturated rings. The van der Waals surface area contributed by atoms with Crippen LogP contribution in [-0.2, 0) is 4.79 Å². The van der Waals surface area contributed by atoms with Gasteiger partial charge in [-0.3, -0.25) is 0 Å². The molecule has 1 aliphatic carbocycles. The summed E-state index contributed by atoms with van der Waals surface area (Å²) >= 11 is 0. The predicted octanol–water partition coefficient (Wildman–Crippen LogP) is 2.60. The second kappa shape index (κ2) is 4.96. The molecule has 0 radical (unpaired) electrons. The first kappa shape index (κ1) is 9.30. The van der Waals surface area contributed by atoms with Gasteiger partial charge in [-0.2, -0.15) is 0 Å². The maximum Gasteiger partial charge on any atom is 0.327 e. The monoisotopic (exact) mass is 168 g/mol. The van der Waals surface area contributed by atoms with E-state index in [1.54, 1.807) is 6.08 Å². The summed E-state index contributed by atoms with van der Waals surface area (Å²) in [5.41, 5.74) is 0. The zero-order valence-electron chi connectivity index (χ0n) is 7.33. The van der Waals surface area contributed by atoms with E-state index in [0.717, 1.165) is 12.3 Å². The van der Waals surface area contributed by atoms with E-state index in [2.05, 4.69) is 0 Å². The molecule has 1 aliphatic rings. The normalized spacial score (nSPS) is 20.0. The Morgan fingerprint density at radius 2 is 2.00 bits per heavy atom. The molecule has 2 heteroatoms. The smallest absolute Gasteiger partial charge is 0.327 e. The lowest BCUT2D eigenvalue weighted by molar-refractivity contribution is -0.131.